The van der Waals surface area contributed by atoms with E-state index < -0.39 is 12.7 Å². The Morgan fingerprint density at radius 2 is 1.88 bits per heavy atom. The van der Waals surface area contributed by atoms with Crippen LogP contribution in [-0.2, 0) is 0 Å². The van der Waals surface area contributed by atoms with E-state index in [1.165, 1.54) is 0 Å². The molecule has 1 aliphatic rings. The van der Waals surface area contributed by atoms with Gasteiger partial charge in [-0.25, -0.2) is 0 Å². The number of nitrogens with zero attached hydrogens (tertiary/aromatic N) is 1. The molecule has 2 nitrogen and oxygen atoms in total. The first kappa shape index (κ1) is 13.8. The molecule has 0 radical (unpaired) electrons. The average Bonchev–Trinajstić information content (AvgIpc) is 2.92. The molecule has 1 atom stereocenters. The maximum Gasteiger partial charge on any atom is 0.401 e. The van der Waals surface area contributed by atoms with Gasteiger partial charge in [0.2, 0.25) is 0 Å². The van der Waals surface area contributed by atoms with Crippen molar-refractivity contribution in [2.24, 2.45) is 5.92 Å². The lowest BCUT2D eigenvalue weighted by molar-refractivity contribution is -0.148. The predicted molar refractivity (Wildman–Crippen MR) is 58.3 cm³/mol. The van der Waals surface area contributed by atoms with Gasteiger partial charge >= 0.3 is 6.18 Å². The van der Waals surface area contributed by atoms with Crippen LogP contribution in [0.2, 0.25) is 0 Å². The van der Waals surface area contributed by atoms with E-state index in [2.05, 4.69) is 5.32 Å². The molecular formula is C11H21F3N2. The van der Waals surface area contributed by atoms with Gasteiger partial charge in [0.25, 0.3) is 0 Å². The van der Waals surface area contributed by atoms with Gasteiger partial charge in [0.15, 0.2) is 0 Å². The van der Waals surface area contributed by atoms with Gasteiger partial charge in [0, 0.05) is 18.6 Å². The monoisotopic (exact) mass is 238 g/mol. The zero-order valence-electron chi connectivity index (χ0n) is 10.1. The fraction of sp³-hybridized carbons (Fsp3) is 1.00. The van der Waals surface area contributed by atoms with Crippen molar-refractivity contribution in [3.05, 3.63) is 0 Å². The summed E-state index contributed by atoms with van der Waals surface area (Å²) < 4.78 is 37.2. The highest BCUT2D eigenvalue weighted by Gasteiger charge is 2.38. The summed E-state index contributed by atoms with van der Waals surface area (Å²) in [7, 11) is 1.81. The van der Waals surface area contributed by atoms with Gasteiger partial charge in [0.1, 0.15) is 0 Å². The molecule has 96 valence electrons. The fourth-order valence-electron chi connectivity index (χ4n) is 1.90. The minimum Gasteiger partial charge on any atom is -0.315 e. The van der Waals surface area contributed by atoms with Crippen molar-refractivity contribution < 1.29 is 13.2 Å². The van der Waals surface area contributed by atoms with Crippen LogP contribution >= 0.6 is 0 Å². The van der Waals surface area contributed by atoms with E-state index in [0.29, 0.717) is 12.5 Å². The van der Waals surface area contributed by atoms with Crippen LogP contribution in [0.25, 0.3) is 0 Å². The number of rotatable bonds is 6. The van der Waals surface area contributed by atoms with Crippen LogP contribution in [0.3, 0.4) is 0 Å². The molecule has 1 rings (SSSR count). The summed E-state index contributed by atoms with van der Waals surface area (Å²) in [5, 5.41) is 3.09. The Morgan fingerprint density at radius 1 is 1.31 bits per heavy atom. The highest BCUT2D eigenvalue weighted by Crippen LogP contribution is 2.30. The molecule has 1 N–H and O–H groups in total. The van der Waals surface area contributed by atoms with Crippen molar-refractivity contribution in [2.75, 3.05) is 20.1 Å². The molecule has 1 fully saturated rings. The van der Waals surface area contributed by atoms with Gasteiger partial charge in [-0.15, -0.1) is 0 Å². The minimum atomic E-state index is -4.09. The molecule has 0 amide bonds. The Bertz CT molecular complexity index is 212. The highest BCUT2D eigenvalue weighted by atomic mass is 19.4. The molecular weight excluding hydrogens is 217 g/mol. The Balaban J connectivity index is 2.50. The van der Waals surface area contributed by atoms with Gasteiger partial charge in [-0.05, 0) is 25.8 Å². The SMILES string of the molecule is CNC(CN(CC(F)(F)F)C1CC1)C(C)C. The van der Waals surface area contributed by atoms with E-state index in [1.807, 2.05) is 20.9 Å². The summed E-state index contributed by atoms with van der Waals surface area (Å²) in [6.45, 7) is 3.76. The number of hydrogen-bond donors (Lipinski definition) is 1. The summed E-state index contributed by atoms with van der Waals surface area (Å²) in [5.74, 6) is 0.347. The van der Waals surface area contributed by atoms with E-state index in [9.17, 15) is 13.2 Å². The van der Waals surface area contributed by atoms with Crippen LogP contribution in [0.5, 0.6) is 0 Å². The normalized spacial score (nSPS) is 19.5. The molecule has 0 bridgehead atoms. The van der Waals surface area contributed by atoms with E-state index in [-0.39, 0.29) is 12.1 Å². The number of likely N-dealkylation sites (N-methyl/N-ethyl adjacent to an activating group) is 1. The molecule has 0 heterocycles. The van der Waals surface area contributed by atoms with Crippen LogP contribution in [-0.4, -0.2) is 43.3 Å². The third kappa shape index (κ3) is 4.70. The number of halogens is 3. The van der Waals surface area contributed by atoms with Gasteiger partial charge in [0.05, 0.1) is 6.54 Å². The van der Waals surface area contributed by atoms with E-state index >= 15 is 0 Å². The molecule has 0 aromatic rings. The van der Waals surface area contributed by atoms with E-state index in [1.54, 1.807) is 4.90 Å². The quantitative estimate of drug-likeness (QED) is 0.763. The Hall–Kier alpha value is -0.290. The summed E-state index contributed by atoms with van der Waals surface area (Å²) in [6.07, 6.45) is -2.27. The molecule has 16 heavy (non-hydrogen) atoms. The maximum atomic E-state index is 12.4. The first-order chi connectivity index (χ1) is 7.33. The maximum absolute atomic E-state index is 12.4. The zero-order valence-corrected chi connectivity index (χ0v) is 10.1. The second-order valence-electron chi connectivity index (χ2n) is 4.91. The van der Waals surface area contributed by atoms with Gasteiger partial charge < -0.3 is 5.32 Å². The molecule has 1 unspecified atom stereocenters. The molecule has 5 heteroatoms. The lowest BCUT2D eigenvalue weighted by atomic mass is 10.0. The van der Waals surface area contributed by atoms with E-state index in [0.717, 1.165) is 12.8 Å². The Kier molecular flexibility index (Phi) is 4.62. The van der Waals surface area contributed by atoms with Crippen molar-refractivity contribution in [2.45, 2.75) is 44.9 Å². The molecule has 0 aromatic heterocycles. The standard InChI is InChI=1S/C11H21F3N2/c1-8(2)10(15-3)6-16(9-4-5-9)7-11(12,13)14/h8-10,15H,4-7H2,1-3H3. The van der Waals surface area contributed by atoms with Crippen LogP contribution in [0, 0.1) is 5.92 Å². The summed E-state index contributed by atoms with van der Waals surface area (Å²) in [6, 6.07) is 0.277. The Labute approximate surface area is 95.2 Å². The molecule has 0 saturated heterocycles. The molecule has 0 aliphatic heterocycles. The van der Waals surface area contributed by atoms with Crippen molar-refractivity contribution in [1.29, 1.82) is 0 Å². The predicted octanol–water partition coefficient (Wildman–Crippen LogP) is 2.26. The molecule has 1 saturated carbocycles. The number of nitrogens with one attached hydrogen (secondary N) is 1. The van der Waals surface area contributed by atoms with Crippen molar-refractivity contribution in [1.82, 2.24) is 10.2 Å². The third-order valence-electron chi connectivity index (χ3n) is 3.05. The van der Waals surface area contributed by atoms with E-state index in [4.69, 9.17) is 0 Å². The van der Waals surface area contributed by atoms with Crippen LogP contribution < -0.4 is 5.32 Å². The van der Waals surface area contributed by atoms with Crippen LogP contribution in [0.1, 0.15) is 26.7 Å². The topological polar surface area (TPSA) is 15.3 Å². The third-order valence-corrected chi connectivity index (χ3v) is 3.05. The molecule has 0 spiro atoms. The first-order valence-electron chi connectivity index (χ1n) is 5.81. The van der Waals surface area contributed by atoms with Gasteiger partial charge in [-0.1, -0.05) is 13.8 Å². The largest absolute Gasteiger partial charge is 0.401 e. The van der Waals surface area contributed by atoms with Crippen LogP contribution in [0.4, 0.5) is 13.2 Å². The minimum absolute atomic E-state index is 0.128. The van der Waals surface area contributed by atoms with Gasteiger partial charge in [-0.2, -0.15) is 13.2 Å². The van der Waals surface area contributed by atoms with Crippen molar-refractivity contribution in [3.63, 3.8) is 0 Å². The number of alkyl halides is 3. The first-order valence-corrected chi connectivity index (χ1v) is 5.81. The number of hydrogen-bond acceptors (Lipinski definition) is 2. The smallest absolute Gasteiger partial charge is 0.315 e. The van der Waals surface area contributed by atoms with Crippen molar-refractivity contribution in [3.8, 4) is 0 Å². The molecule has 1 aliphatic carbocycles. The zero-order chi connectivity index (χ0) is 12.3. The average molecular weight is 238 g/mol. The Morgan fingerprint density at radius 3 is 2.19 bits per heavy atom. The second kappa shape index (κ2) is 5.36. The highest BCUT2D eigenvalue weighted by molar-refractivity contribution is 4.88. The lowest BCUT2D eigenvalue weighted by Gasteiger charge is -2.30. The summed E-state index contributed by atoms with van der Waals surface area (Å²) in [4.78, 5) is 1.57. The summed E-state index contributed by atoms with van der Waals surface area (Å²) in [5.41, 5.74) is 0. The lowest BCUT2D eigenvalue weighted by Crippen LogP contribution is -2.46. The van der Waals surface area contributed by atoms with Crippen molar-refractivity contribution >= 4 is 0 Å². The summed E-state index contributed by atoms with van der Waals surface area (Å²) >= 11 is 0. The van der Waals surface area contributed by atoms with Crippen LogP contribution in [0.15, 0.2) is 0 Å². The fourth-order valence-corrected chi connectivity index (χ4v) is 1.90. The second-order valence-corrected chi connectivity index (χ2v) is 4.91. The van der Waals surface area contributed by atoms with Gasteiger partial charge in [-0.3, -0.25) is 4.90 Å². The molecule has 0 aromatic carbocycles.